The van der Waals surface area contributed by atoms with Crippen LogP contribution in [0.1, 0.15) is 26.7 Å². The maximum absolute atomic E-state index is 5.89. The van der Waals surface area contributed by atoms with Crippen molar-refractivity contribution in [3.63, 3.8) is 0 Å². The van der Waals surface area contributed by atoms with E-state index in [2.05, 4.69) is 29.0 Å². The maximum atomic E-state index is 5.89. The van der Waals surface area contributed by atoms with Gasteiger partial charge in [-0.3, -0.25) is 0 Å². The second-order valence-electron chi connectivity index (χ2n) is 5.84. The first-order valence-electron chi connectivity index (χ1n) is 7.22. The molecule has 2 rings (SSSR count). The van der Waals surface area contributed by atoms with Crippen LogP contribution in [0.25, 0.3) is 0 Å². The first kappa shape index (κ1) is 14.6. The van der Waals surface area contributed by atoms with Crippen LogP contribution in [0.5, 0.6) is 0 Å². The summed E-state index contributed by atoms with van der Waals surface area (Å²) < 4.78 is 0. The Labute approximate surface area is 121 Å². The molecule has 3 nitrogen and oxygen atoms in total. The van der Waals surface area contributed by atoms with Gasteiger partial charge in [0.05, 0.1) is 5.02 Å². The highest BCUT2D eigenvalue weighted by Gasteiger charge is 2.20. The molecule has 1 aromatic heterocycles. The zero-order chi connectivity index (χ0) is 13.7. The third kappa shape index (κ3) is 4.66. The lowest BCUT2D eigenvalue weighted by Gasteiger charge is -2.33. The van der Waals surface area contributed by atoms with E-state index in [0.717, 1.165) is 43.8 Å². The van der Waals surface area contributed by atoms with Crippen LogP contribution in [0.2, 0.25) is 5.02 Å². The zero-order valence-corrected chi connectivity index (χ0v) is 12.7. The molecular formula is C15H24ClN3. The molecule has 2 heterocycles. The molecule has 4 heteroatoms. The smallest absolute Gasteiger partial charge is 0.128 e. The average Bonchev–Trinajstić information content (AvgIpc) is 2.39. The van der Waals surface area contributed by atoms with Gasteiger partial charge in [-0.1, -0.05) is 25.4 Å². The van der Waals surface area contributed by atoms with E-state index in [4.69, 9.17) is 11.6 Å². The number of anilines is 1. The summed E-state index contributed by atoms with van der Waals surface area (Å²) in [6.45, 7) is 8.92. The van der Waals surface area contributed by atoms with Crippen molar-refractivity contribution < 1.29 is 0 Å². The molecule has 0 saturated carbocycles. The summed E-state index contributed by atoms with van der Waals surface area (Å²) in [5.74, 6) is 2.50. The van der Waals surface area contributed by atoms with Crippen LogP contribution in [-0.4, -0.2) is 31.2 Å². The highest BCUT2D eigenvalue weighted by molar-refractivity contribution is 6.30. The Bertz CT molecular complexity index is 377. The minimum absolute atomic E-state index is 0.705. The number of halogens is 1. The molecule has 1 aliphatic rings. The minimum Gasteiger partial charge on any atom is -0.356 e. The van der Waals surface area contributed by atoms with Gasteiger partial charge >= 0.3 is 0 Å². The number of nitrogens with one attached hydrogen (secondary N) is 1. The highest BCUT2D eigenvalue weighted by Crippen LogP contribution is 2.22. The maximum Gasteiger partial charge on any atom is 0.128 e. The van der Waals surface area contributed by atoms with Gasteiger partial charge in [-0.15, -0.1) is 0 Å². The molecule has 19 heavy (non-hydrogen) atoms. The van der Waals surface area contributed by atoms with E-state index in [1.165, 1.54) is 12.8 Å². The lowest BCUT2D eigenvalue weighted by atomic mass is 9.98. The van der Waals surface area contributed by atoms with Gasteiger partial charge in [0.2, 0.25) is 0 Å². The fourth-order valence-electron chi connectivity index (χ4n) is 2.57. The van der Waals surface area contributed by atoms with Gasteiger partial charge in [-0.2, -0.15) is 0 Å². The first-order valence-corrected chi connectivity index (χ1v) is 7.60. The second kappa shape index (κ2) is 7.11. The van der Waals surface area contributed by atoms with Crippen LogP contribution in [0, 0.1) is 11.8 Å². The molecule has 0 aliphatic carbocycles. The number of rotatable bonds is 5. The summed E-state index contributed by atoms with van der Waals surface area (Å²) in [6.07, 6.45) is 4.30. The van der Waals surface area contributed by atoms with Crippen molar-refractivity contribution in [1.29, 1.82) is 0 Å². The number of piperidine rings is 1. The van der Waals surface area contributed by atoms with Gasteiger partial charge in [-0.05, 0) is 49.9 Å². The van der Waals surface area contributed by atoms with Crippen molar-refractivity contribution in [3.8, 4) is 0 Å². The van der Waals surface area contributed by atoms with Gasteiger partial charge in [0.15, 0.2) is 0 Å². The third-order valence-corrected chi connectivity index (χ3v) is 3.76. The molecule has 106 valence electrons. The Kier molecular flexibility index (Phi) is 5.46. The fourth-order valence-corrected chi connectivity index (χ4v) is 2.68. The summed E-state index contributed by atoms with van der Waals surface area (Å²) in [4.78, 5) is 6.80. The zero-order valence-electron chi connectivity index (χ0n) is 11.9. The molecular weight excluding hydrogens is 258 g/mol. The molecule has 1 unspecified atom stereocenters. The van der Waals surface area contributed by atoms with E-state index >= 15 is 0 Å². The van der Waals surface area contributed by atoms with E-state index < -0.39 is 0 Å². The van der Waals surface area contributed by atoms with Crippen molar-refractivity contribution in [1.82, 2.24) is 10.3 Å². The number of aromatic nitrogens is 1. The summed E-state index contributed by atoms with van der Waals surface area (Å²) in [5, 5.41) is 4.27. The number of hydrogen-bond acceptors (Lipinski definition) is 3. The summed E-state index contributed by atoms with van der Waals surface area (Å²) in [7, 11) is 0. The predicted octanol–water partition coefficient (Wildman–Crippen LogP) is 3.20. The molecule has 1 atom stereocenters. The SMILES string of the molecule is CC(C)CNCC1CCCN(c2ccc(Cl)cn2)C1. The normalized spacial score (nSPS) is 20.0. The minimum atomic E-state index is 0.705. The molecule has 0 radical (unpaired) electrons. The molecule has 0 amide bonds. The van der Waals surface area contributed by atoms with E-state index in [9.17, 15) is 0 Å². The third-order valence-electron chi connectivity index (χ3n) is 3.54. The van der Waals surface area contributed by atoms with E-state index in [1.54, 1.807) is 6.20 Å². The Morgan fingerprint density at radius 3 is 3.00 bits per heavy atom. The topological polar surface area (TPSA) is 28.2 Å². The highest BCUT2D eigenvalue weighted by atomic mass is 35.5. The molecule has 0 aromatic carbocycles. The summed E-state index contributed by atoms with van der Waals surface area (Å²) in [5.41, 5.74) is 0. The van der Waals surface area contributed by atoms with Crippen LogP contribution in [-0.2, 0) is 0 Å². The fraction of sp³-hybridized carbons (Fsp3) is 0.667. The van der Waals surface area contributed by atoms with Gasteiger partial charge in [-0.25, -0.2) is 4.98 Å². The quantitative estimate of drug-likeness (QED) is 0.898. The molecule has 1 fully saturated rings. The second-order valence-corrected chi connectivity index (χ2v) is 6.28. The first-order chi connectivity index (χ1) is 9.15. The van der Waals surface area contributed by atoms with E-state index in [1.807, 2.05) is 12.1 Å². The lowest BCUT2D eigenvalue weighted by molar-refractivity contribution is 0.381. The van der Waals surface area contributed by atoms with Crippen LogP contribution >= 0.6 is 11.6 Å². The monoisotopic (exact) mass is 281 g/mol. The van der Waals surface area contributed by atoms with E-state index in [-0.39, 0.29) is 0 Å². The molecule has 1 aromatic rings. The molecule has 1 N–H and O–H groups in total. The van der Waals surface area contributed by atoms with Gasteiger partial charge < -0.3 is 10.2 Å². The largest absolute Gasteiger partial charge is 0.356 e. The predicted molar refractivity (Wildman–Crippen MR) is 81.9 cm³/mol. The van der Waals surface area contributed by atoms with Crippen LogP contribution in [0.3, 0.4) is 0 Å². The summed E-state index contributed by atoms with van der Waals surface area (Å²) in [6, 6.07) is 3.94. The van der Waals surface area contributed by atoms with Crippen molar-refractivity contribution in [2.24, 2.45) is 11.8 Å². The molecule has 0 spiro atoms. The van der Waals surface area contributed by atoms with Crippen molar-refractivity contribution >= 4 is 17.4 Å². The Balaban J connectivity index is 1.84. The Morgan fingerprint density at radius 1 is 1.47 bits per heavy atom. The van der Waals surface area contributed by atoms with Gasteiger partial charge in [0, 0.05) is 19.3 Å². The Hall–Kier alpha value is -0.800. The Morgan fingerprint density at radius 2 is 2.32 bits per heavy atom. The van der Waals surface area contributed by atoms with E-state index in [0.29, 0.717) is 5.02 Å². The van der Waals surface area contributed by atoms with Crippen LogP contribution in [0.4, 0.5) is 5.82 Å². The van der Waals surface area contributed by atoms with Crippen LogP contribution < -0.4 is 10.2 Å². The molecule has 1 saturated heterocycles. The van der Waals surface area contributed by atoms with Gasteiger partial charge in [0.25, 0.3) is 0 Å². The molecule has 0 bridgehead atoms. The van der Waals surface area contributed by atoms with Crippen molar-refractivity contribution in [2.45, 2.75) is 26.7 Å². The van der Waals surface area contributed by atoms with Crippen molar-refractivity contribution in [3.05, 3.63) is 23.4 Å². The van der Waals surface area contributed by atoms with Crippen molar-refractivity contribution in [2.75, 3.05) is 31.1 Å². The van der Waals surface area contributed by atoms with Gasteiger partial charge in [0.1, 0.15) is 5.82 Å². The number of nitrogens with zero attached hydrogens (tertiary/aromatic N) is 2. The summed E-state index contributed by atoms with van der Waals surface area (Å²) >= 11 is 5.89. The van der Waals surface area contributed by atoms with Crippen LogP contribution in [0.15, 0.2) is 18.3 Å². The molecule has 1 aliphatic heterocycles. The standard InChI is InChI=1S/C15H24ClN3/c1-12(2)8-17-9-13-4-3-7-19(11-13)15-6-5-14(16)10-18-15/h5-6,10,12-13,17H,3-4,7-9,11H2,1-2H3. The number of pyridine rings is 1. The lowest BCUT2D eigenvalue weighted by Crippen LogP contribution is -2.40. The average molecular weight is 282 g/mol. The number of hydrogen-bond donors (Lipinski definition) is 1.